The molecule has 0 spiro atoms. The van der Waals surface area contributed by atoms with Gasteiger partial charge in [0.1, 0.15) is 5.75 Å². The smallest absolute Gasteiger partial charge is 0.184 e. The Morgan fingerprint density at radius 3 is 2.57 bits per heavy atom. The van der Waals surface area contributed by atoms with Crippen LogP contribution in [0.3, 0.4) is 0 Å². The van der Waals surface area contributed by atoms with Gasteiger partial charge in [-0.1, -0.05) is 41.7 Å². The highest BCUT2D eigenvalue weighted by atomic mass is 32.1. The van der Waals surface area contributed by atoms with Crippen molar-refractivity contribution in [1.82, 2.24) is 4.98 Å². The van der Waals surface area contributed by atoms with Gasteiger partial charge in [0.25, 0.3) is 0 Å². The number of nitrogens with zero attached hydrogens (tertiary/aromatic N) is 1. The summed E-state index contributed by atoms with van der Waals surface area (Å²) in [6.07, 6.45) is 0.175. The van der Waals surface area contributed by atoms with Crippen LogP contribution in [0.2, 0.25) is 0 Å². The van der Waals surface area contributed by atoms with Gasteiger partial charge in [-0.2, -0.15) is 0 Å². The Kier molecular flexibility index (Phi) is 4.53. The summed E-state index contributed by atoms with van der Waals surface area (Å²) in [5.74, 6) is 0.961. The Morgan fingerprint density at radius 2 is 1.87 bits per heavy atom. The van der Waals surface area contributed by atoms with Crippen molar-refractivity contribution in [2.24, 2.45) is 0 Å². The second-order valence-corrected chi connectivity index (χ2v) is 7.03. The molecule has 120 valence electrons. The Balaban J connectivity index is 1.87. The first-order valence-electron chi connectivity index (χ1n) is 7.90. The fraction of sp³-hybridized carbons (Fsp3) is 0.316. The average molecular weight is 326 g/mol. The summed E-state index contributed by atoms with van der Waals surface area (Å²) < 4.78 is 7.10. The van der Waals surface area contributed by atoms with Crippen molar-refractivity contribution in [3.05, 3.63) is 53.1 Å². The van der Waals surface area contributed by atoms with Crippen molar-refractivity contribution in [2.75, 3.05) is 5.32 Å². The molecule has 0 amide bonds. The second-order valence-electron chi connectivity index (χ2n) is 6.00. The number of hydrogen-bond acceptors (Lipinski definition) is 4. The fourth-order valence-corrected chi connectivity index (χ4v) is 3.46. The molecule has 3 aromatic rings. The van der Waals surface area contributed by atoms with Crippen molar-refractivity contribution in [1.29, 1.82) is 0 Å². The molecule has 0 radical (unpaired) electrons. The van der Waals surface area contributed by atoms with E-state index >= 15 is 0 Å². The minimum atomic E-state index is 0.175. The van der Waals surface area contributed by atoms with E-state index in [0.717, 1.165) is 22.9 Å². The van der Waals surface area contributed by atoms with Gasteiger partial charge in [-0.25, -0.2) is 4.98 Å². The minimum absolute atomic E-state index is 0.175. The zero-order valence-corrected chi connectivity index (χ0v) is 14.8. The quantitative estimate of drug-likeness (QED) is 0.689. The predicted molar refractivity (Wildman–Crippen MR) is 98.6 cm³/mol. The number of nitrogens with one attached hydrogen (secondary N) is 1. The van der Waals surface area contributed by atoms with Gasteiger partial charge >= 0.3 is 0 Å². The predicted octanol–water partition coefficient (Wildman–Crippen LogP) is 5.31. The molecule has 1 heterocycles. The molecule has 0 saturated heterocycles. The first-order chi connectivity index (χ1) is 11.0. The minimum Gasteiger partial charge on any atom is -0.491 e. The SMILES string of the molecule is Cc1c(OC(C)C)cc2sc(NCc3ccccc3)nc2c1C. The summed E-state index contributed by atoms with van der Waals surface area (Å²) in [4.78, 5) is 4.76. The number of aryl methyl sites for hydroxylation is 1. The van der Waals surface area contributed by atoms with Crippen molar-refractivity contribution in [3.8, 4) is 5.75 Å². The molecule has 3 nitrogen and oxygen atoms in total. The Bertz CT molecular complexity index is 809. The van der Waals surface area contributed by atoms with E-state index in [4.69, 9.17) is 9.72 Å². The lowest BCUT2D eigenvalue weighted by atomic mass is 10.1. The van der Waals surface area contributed by atoms with Crippen molar-refractivity contribution >= 4 is 26.7 Å². The van der Waals surface area contributed by atoms with Crippen LogP contribution in [0, 0.1) is 13.8 Å². The molecule has 0 bridgehead atoms. The zero-order chi connectivity index (χ0) is 16.4. The maximum Gasteiger partial charge on any atom is 0.184 e. The van der Waals surface area contributed by atoms with Crippen LogP contribution >= 0.6 is 11.3 Å². The standard InChI is InChI=1S/C19H22N2OS/c1-12(2)22-16-10-17-18(14(4)13(16)3)21-19(23-17)20-11-15-8-6-5-7-9-15/h5-10,12H,11H2,1-4H3,(H,20,21). The number of rotatable bonds is 5. The highest BCUT2D eigenvalue weighted by molar-refractivity contribution is 7.22. The third-order valence-electron chi connectivity index (χ3n) is 3.85. The largest absolute Gasteiger partial charge is 0.491 e. The van der Waals surface area contributed by atoms with Crippen molar-refractivity contribution in [2.45, 2.75) is 40.3 Å². The van der Waals surface area contributed by atoms with Crippen LogP contribution in [0.15, 0.2) is 36.4 Å². The highest BCUT2D eigenvalue weighted by Crippen LogP contribution is 2.35. The van der Waals surface area contributed by atoms with E-state index < -0.39 is 0 Å². The normalized spacial score (nSPS) is 11.2. The van der Waals surface area contributed by atoms with E-state index in [2.05, 4.69) is 63.3 Å². The van der Waals surface area contributed by atoms with Gasteiger partial charge in [0.15, 0.2) is 5.13 Å². The molecule has 0 aliphatic heterocycles. The number of aromatic nitrogens is 1. The molecule has 0 atom stereocenters. The van der Waals surface area contributed by atoms with Crippen LogP contribution in [0.1, 0.15) is 30.5 Å². The molecule has 1 aromatic heterocycles. The summed E-state index contributed by atoms with van der Waals surface area (Å²) >= 11 is 1.68. The monoisotopic (exact) mass is 326 g/mol. The van der Waals surface area contributed by atoms with Gasteiger partial charge < -0.3 is 10.1 Å². The molecular formula is C19H22N2OS. The first-order valence-corrected chi connectivity index (χ1v) is 8.71. The molecule has 4 heteroatoms. The highest BCUT2D eigenvalue weighted by Gasteiger charge is 2.13. The van der Waals surface area contributed by atoms with Crippen LogP contribution in [0.25, 0.3) is 10.2 Å². The summed E-state index contributed by atoms with van der Waals surface area (Å²) in [6.45, 7) is 9.11. The van der Waals surface area contributed by atoms with E-state index in [0.29, 0.717) is 0 Å². The third-order valence-corrected chi connectivity index (χ3v) is 4.81. The summed E-state index contributed by atoms with van der Waals surface area (Å²) in [5.41, 5.74) is 4.69. The van der Waals surface area contributed by atoms with Gasteiger partial charge in [-0.15, -0.1) is 0 Å². The van der Waals surface area contributed by atoms with Gasteiger partial charge in [0, 0.05) is 6.54 Å². The fourth-order valence-electron chi connectivity index (χ4n) is 2.51. The first kappa shape index (κ1) is 15.8. The molecule has 0 unspecified atom stereocenters. The molecule has 0 fully saturated rings. The van der Waals surface area contributed by atoms with Gasteiger partial charge in [-0.3, -0.25) is 0 Å². The van der Waals surface area contributed by atoms with E-state index in [1.807, 2.05) is 6.07 Å². The van der Waals surface area contributed by atoms with Crippen molar-refractivity contribution in [3.63, 3.8) is 0 Å². The molecular weight excluding hydrogens is 304 g/mol. The molecule has 0 aliphatic carbocycles. The average Bonchev–Trinajstić information content (AvgIpc) is 2.94. The maximum absolute atomic E-state index is 5.93. The maximum atomic E-state index is 5.93. The van der Waals surface area contributed by atoms with Gasteiger partial charge in [-0.05, 0) is 50.5 Å². The number of thiazole rings is 1. The topological polar surface area (TPSA) is 34.1 Å². The Hall–Kier alpha value is -2.07. The second kappa shape index (κ2) is 6.59. The lowest BCUT2D eigenvalue weighted by Gasteiger charge is -2.14. The molecule has 0 saturated carbocycles. The molecule has 23 heavy (non-hydrogen) atoms. The Labute approximate surface area is 141 Å². The van der Waals surface area contributed by atoms with E-state index in [1.165, 1.54) is 21.4 Å². The zero-order valence-electron chi connectivity index (χ0n) is 14.0. The van der Waals surface area contributed by atoms with E-state index in [1.54, 1.807) is 11.3 Å². The lowest BCUT2D eigenvalue weighted by Crippen LogP contribution is -2.07. The number of anilines is 1. The third kappa shape index (κ3) is 3.48. The van der Waals surface area contributed by atoms with Crippen molar-refractivity contribution < 1.29 is 4.74 Å². The van der Waals surface area contributed by atoms with E-state index in [9.17, 15) is 0 Å². The molecule has 1 N–H and O–H groups in total. The van der Waals surface area contributed by atoms with Gasteiger partial charge in [0.2, 0.25) is 0 Å². The number of hydrogen-bond donors (Lipinski definition) is 1. The van der Waals surface area contributed by atoms with Crippen LogP contribution in [0.5, 0.6) is 5.75 Å². The van der Waals surface area contributed by atoms with Gasteiger partial charge in [0.05, 0.1) is 16.3 Å². The van der Waals surface area contributed by atoms with E-state index in [-0.39, 0.29) is 6.10 Å². The summed E-state index contributed by atoms with van der Waals surface area (Å²) in [5, 5.41) is 4.38. The molecule has 2 aromatic carbocycles. The van der Waals surface area contributed by atoms with Crippen LogP contribution in [0.4, 0.5) is 5.13 Å². The summed E-state index contributed by atoms with van der Waals surface area (Å²) in [6, 6.07) is 12.5. The summed E-state index contributed by atoms with van der Waals surface area (Å²) in [7, 11) is 0. The van der Waals surface area contributed by atoms with Crippen LogP contribution in [-0.4, -0.2) is 11.1 Å². The Morgan fingerprint density at radius 1 is 1.13 bits per heavy atom. The number of fused-ring (bicyclic) bond motifs is 1. The number of benzene rings is 2. The van der Waals surface area contributed by atoms with Crippen LogP contribution < -0.4 is 10.1 Å². The molecule has 0 aliphatic rings. The lowest BCUT2D eigenvalue weighted by molar-refractivity contribution is 0.241. The molecule has 3 rings (SSSR count). The number of ether oxygens (including phenoxy) is 1. The van der Waals surface area contributed by atoms with Crippen LogP contribution in [-0.2, 0) is 6.54 Å².